The van der Waals surface area contributed by atoms with Gasteiger partial charge >= 0.3 is 0 Å². The predicted octanol–water partition coefficient (Wildman–Crippen LogP) is 5.99. The molecule has 0 atom stereocenters. The number of rotatable bonds is 8. The minimum Gasteiger partial charge on any atom is -0.490 e. The molecule has 0 saturated heterocycles. The topological polar surface area (TPSA) is 71.3 Å². The molecule has 0 spiro atoms. The largest absolute Gasteiger partial charge is 0.490 e. The smallest absolute Gasteiger partial charge is 0.266 e. The van der Waals surface area contributed by atoms with E-state index in [0.717, 1.165) is 15.6 Å². The zero-order valence-corrected chi connectivity index (χ0v) is 19.4. The molecule has 0 aliphatic carbocycles. The molecule has 0 aliphatic heterocycles. The lowest BCUT2D eigenvalue weighted by atomic mass is 10.1. The minimum absolute atomic E-state index is 0.0258. The van der Waals surface area contributed by atoms with Crippen LogP contribution in [0.15, 0.2) is 35.9 Å². The fourth-order valence-electron chi connectivity index (χ4n) is 2.46. The molecule has 0 heterocycles. The summed E-state index contributed by atoms with van der Waals surface area (Å²) in [6, 6.07) is 10.8. The van der Waals surface area contributed by atoms with Crippen LogP contribution in [0.5, 0.6) is 11.5 Å². The van der Waals surface area contributed by atoms with Gasteiger partial charge in [0, 0.05) is 10.7 Å². The van der Waals surface area contributed by atoms with E-state index in [9.17, 15) is 10.1 Å². The van der Waals surface area contributed by atoms with Crippen molar-refractivity contribution in [1.29, 1.82) is 5.26 Å². The van der Waals surface area contributed by atoms with Crippen LogP contribution in [-0.2, 0) is 4.79 Å². The summed E-state index contributed by atoms with van der Waals surface area (Å²) in [5.41, 5.74) is 2.08. The zero-order valence-electron chi connectivity index (χ0n) is 16.5. The molecular weight excluding hydrogens is 503 g/mol. The third-order valence-corrected chi connectivity index (χ3v) is 5.10. The Morgan fingerprint density at radius 1 is 1.28 bits per heavy atom. The van der Waals surface area contributed by atoms with E-state index in [1.54, 1.807) is 24.3 Å². The Bertz CT molecular complexity index is 967. The van der Waals surface area contributed by atoms with Crippen molar-refractivity contribution in [2.75, 3.05) is 18.5 Å². The first-order valence-electron chi connectivity index (χ1n) is 9.18. The molecule has 1 amide bonds. The lowest BCUT2D eigenvalue weighted by molar-refractivity contribution is -0.112. The zero-order chi connectivity index (χ0) is 21.4. The fraction of sp³-hybridized carbons (Fsp3) is 0.273. The molecule has 7 heteroatoms. The Morgan fingerprint density at radius 3 is 2.66 bits per heavy atom. The summed E-state index contributed by atoms with van der Waals surface area (Å²) in [4.78, 5) is 12.5. The highest BCUT2D eigenvalue weighted by molar-refractivity contribution is 14.1. The van der Waals surface area contributed by atoms with Crippen LogP contribution in [-0.4, -0.2) is 19.1 Å². The summed E-state index contributed by atoms with van der Waals surface area (Å²) in [7, 11) is 0. The number of nitrogens with one attached hydrogen (secondary N) is 1. The molecule has 0 unspecified atom stereocenters. The van der Waals surface area contributed by atoms with Gasteiger partial charge < -0.3 is 14.8 Å². The van der Waals surface area contributed by atoms with Gasteiger partial charge in [-0.15, -0.1) is 0 Å². The highest BCUT2D eigenvalue weighted by Gasteiger charge is 2.14. The molecule has 0 saturated carbocycles. The lowest BCUT2D eigenvalue weighted by Crippen LogP contribution is -2.13. The highest BCUT2D eigenvalue weighted by Crippen LogP contribution is 2.35. The van der Waals surface area contributed by atoms with Gasteiger partial charge in [0.25, 0.3) is 5.91 Å². The molecule has 1 N–H and O–H groups in total. The standard InChI is InChI=1S/C22H22ClIN2O3/c1-4-8-29-21-19(24)10-15(11-20(21)28-5-2)9-16(13-25)22(27)26-17-7-6-14(3)18(23)12-17/h6-7,9-12H,4-5,8H2,1-3H3,(H,26,27)/b16-9+. The normalized spacial score (nSPS) is 11.0. The summed E-state index contributed by atoms with van der Waals surface area (Å²) in [5, 5.41) is 12.7. The molecule has 5 nitrogen and oxygen atoms in total. The molecule has 2 aromatic rings. The predicted molar refractivity (Wildman–Crippen MR) is 125 cm³/mol. The first kappa shape index (κ1) is 23.0. The maximum Gasteiger partial charge on any atom is 0.266 e. The third kappa shape index (κ3) is 6.38. The number of ether oxygens (including phenoxy) is 2. The van der Waals surface area contributed by atoms with Gasteiger partial charge in [0.05, 0.1) is 16.8 Å². The first-order chi connectivity index (χ1) is 13.9. The van der Waals surface area contributed by atoms with Gasteiger partial charge in [-0.2, -0.15) is 5.26 Å². The monoisotopic (exact) mass is 524 g/mol. The Kier molecular flexibility index (Phi) is 8.80. The first-order valence-corrected chi connectivity index (χ1v) is 10.6. The number of nitriles is 1. The Morgan fingerprint density at radius 2 is 2.03 bits per heavy atom. The molecule has 2 rings (SSSR count). The molecular formula is C22H22ClIN2O3. The lowest BCUT2D eigenvalue weighted by Gasteiger charge is -2.14. The van der Waals surface area contributed by atoms with Gasteiger partial charge in [0.2, 0.25) is 0 Å². The van der Waals surface area contributed by atoms with E-state index in [2.05, 4.69) is 27.9 Å². The average molecular weight is 525 g/mol. The number of hydrogen-bond donors (Lipinski definition) is 1. The number of halogens is 2. The average Bonchev–Trinajstić information content (AvgIpc) is 2.68. The van der Waals surface area contributed by atoms with Crippen molar-refractivity contribution in [1.82, 2.24) is 0 Å². The van der Waals surface area contributed by atoms with Gasteiger partial charge in [-0.05, 0) is 84.3 Å². The van der Waals surface area contributed by atoms with Crippen molar-refractivity contribution in [2.24, 2.45) is 0 Å². The molecule has 152 valence electrons. The van der Waals surface area contributed by atoms with Gasteiger partial charge in [-0.1, -0.05) is 24.6 Å². The van der Waals surface area contributed by atoms with Crippen LogP contribution in [0.3, 0.4) is 0 Å². The number of aryl methyl sites for hydroxylation is 1. The molecule has 29 heavy (non-hydrogen) atoms. The van der Waals surface area contributed by atoms with Crippen LogP contribution >= 0.6 is 34.2 Å². The maximum absolute atomic E-state index is 12.5. The molecule has 0 fully saturated rings. The molecule has 0 aromatic heterocycles. The summed E-state index contributed by atoms with van der Waals surface area (Å²) in [6.07, 6.45) is 2.41. The molecule has 0 radical (unpaired) electrons. The fourth-order valence-corrected chi connectivity index (χ4v) is 3.42. The molecule has 2 aromatic carbocycles. The van der Waals surface area contributed by atoms with E-state index in [0.29, 0.717) is 41.0 Å². The van der Waals surface area contributed by atoms with Crippen molar-refractivity contribution in [3.63, 3.8) is 0 Å². The Balaban J connectivity index is 2.32. The summed E-state index contributed by atoms with van der Waals surface area (Å²) in [6.45, 7) is 6.85. The van der Waals surface area contributed by atoms with Gasteiger partial charge in [-0.3, -0.25) is 4.79 Å². The van der Waals surface area contributed by atoms with Crippen molar-refractivity contribution < 1.29 is 14.3 Å². The summed E-state index contributed by atoms with van der Waals surface area (Å²) in [5.74, 6) is 0.748. The maximum atomic E-state index is 12.5. The van der Waals surface area contributed by atoms with E-state index >= 15 is 0 Å². The quantitative estimate of drug-likeness (QED) is 0.262. The Hall–Kier alpha value is -2.24. The van der Waals surface area contributed by atoms with Gasteiger partial charge in [-0.25, -0.2) is 0 Å². The van der Waals surface area contributed by atoms with Gasteiger partial charge in [0.1, 0.15) is 11.6 Å². The second-order valence-corrected chi connectivity index (χ2v) is 7.77. The molecule has 0 bridgehead atoms. The summed E-state index contributed by atoms with van der Waals surface area (Å²) >= 11 is 8.26. The van der Waals surface area contributed by atoms with Crippen LogP contribution in [0.4, 0.5) is 5.69 Å². The van der Waals surface area contributed by atoms with Crippen LogP contribution in [0, 0.1) is 21.8 Å². The van der Waals surface area contributed by atoms with Crippen LogP contribution < -0.4 is 14.8 Å². The number of carbonyl (C=O) groups excluding carboxylic acids is 1. The van der Waals surface area contributed by atoms with Gasteiger partial charge in [0.15, 0.2) is 11.5 Å². The number of hydrogen-bond acceptors (Lipinski definition) is 4. The van der Waals surface area contributed by atoms with Crippen LogP contribution in [0.25, 0.3) is 6.08 Å². The van der Waals surface area contributed by atoms with Crippen molar-refractivity contribution in [3.8, 4) is 17.6 Å². The highest BCUT2D eigenvalue weighted by atomic mass is 127. The van der Waals surface area contributed by atoms with E-state index in [4.69, 9.17) is 21.1 Å². The Labute approximate surface area is 189 Å². The van der Waals surface area contributed by atoms with Crippen LogP contribution in [0.1, 0.15) is 31.4 Å². The number of amides is 1. The van der Waals surface area contributed by atoms with E-state index in [1.807, 2.05) is 32.9 Å². The van der Waals surface area contributed by atoms with E-state index in [-0.39, 0.29) is 5.57 Å². The number of carbonyl (C=O) groups is 1. The van der Waals surface area contributed by atoms with E-state index < -0.39 is 5.91 Å². The molecule has 0 aliphatic rings. The van der Waals surface area contributed by atoms with Crippen molar-refractivity contribution >= 4 is 51.9 Å². The number of anilines is 1. The minimum atomic E-state index is -0.508. The second-order valence-electron chi connectivity index (χ2n) is 6.20. The SMILES string of the molecule is CCCOc1c(I)cc(/C=C(\C#N)C(=O)Nc2ccc(C)c(Cl)c2)cc1OCC. The summed E-state index contributed by atoms with van der Waals surface area (Å²) < 4.78 is 12.3. The number of benzene rings is 2. The van der Waals surface area contributed by atoms with Crippen molar-refractivity contribution in [2.45, 2.75) is 27.2 Å². The number of nitrogens with zero attached hydrogens (tertiary/aromatic N) is 1. The second kappa shape index (κ2) is 11.1. The van der Waals surface area contributed by atoms with Crippen molar-refractivity contribution in [3.05, 3.63) is 55.6 Å². The third-order valence-electron chi connectivity index (χ3n) is 3.89. The van der Waals surface area contributed by atoms with E-state index in [1.165, 1.54) is 6.08 Å². The van der Waals surface area contributed by atoms with Crippen LogP contribution in [0.2, 0.25) is 5.02 Å².